The zero-order valence-corrected chi connectivity index (χ0v) is 9.09. The number of aromatic amines is 1. The summed E-state index contributed by atoms with van der Waals surface area (Å²) in [6.45, 7) is 0. The third-order valence-corrected chi connectivity index (χ3v) is 1.84. The average molecular weight is 232 g/mol. The predicted octanol–water partition coefficient (Wildman–Crippen LogP) is 1.07. The molecule has 1 aromatic heterocycles. The fourth-order valence-electron chi connectivity index (χ4n) is 0.455. The highest BCUT2D eigenvalue weighted by atomic mass is 32.1. The number of hydrogen-bond donors (Lipinski definition) is 4. The van der Waals surface area contributed by atoms with Crippen molar-refractivity contribution in [2.45, 2.75) is 6.04 Å². The first-order valence-corrected chi connectivity index (χ1v) is 4.85. The molecule has 0 aliphatic heterocycles. The molecule has 0 saturated carbocycles. The zero-order chi connectivity index (χ0) is 11.0. The Morgan fingerprint density at radius 3 is 2.50 bits per heavy atom. The van der Waals surface area contributed by atoms with Crippen molar-refractivity contribution >= 4 is 30.8 Å². The van der Waals surface area contributed by atoms with Gasteiger partial charge in [0, 0.05) is 11.9 Å². The molecule has 1 unspecified atom stereocenters. The number of thiol groups is 1. The van der Waals surface area contributed by atoms with E-state index in [-0.39, 0.29) is 5.75 Å². The first-order valence-electron chi connectivity index (χ1n) is 3.81. The molecule has 14 heavy (non-hydrogen) atoms. The fraction of sp³-hybridized carbons (Fsp3) is 0.250. The van der Waals surface area contributed by atoms with E-state index in [0.29, 0.717) is 0 Å². The van der Waals surface area contributed by atoms with Gasteiger partial charge in [0.05, 0.1) is 0 Å². The summed E-state index contributed by atoms with van der Waals surface area (Å²) in [4.78, 5) is 12.6. The molecule has 0 spiro atoms. The van der Waals surface area contributed by atoms with Gasteiger partial charge in [0.25, 0.3) is 0 Å². The van der Waals surface area contributed by atoms with E-state index in [2.05, 4.69) is 17.6 Å². The van der Waals surface area contributed by atoms with Crippen LogP contribution in [0, 0.1) is 4.64 Å². The number of carboxylic acid groups (broad SMARTS) is 1. The highest BCUT2D eigenvalue weighted by Crippen LogP contribution is 1.81. The van der Waals surface area contributed by atoms with Crippen molar-refractivity contribution in [2.75, 3.05) is 5.75 Å². The summed E-state index contributed by atoms with van der Waals surface area (Å²) < 4.78 is 0.780. The maximum Gasteiger partial charge on any atom is 0.321 e. The molecule has 1 atom stereocenters. The molecule has 0 fully saturated rings. The Bertz CT molecular complexity index is 310. The van der Waals surface area contributed by atoms with E-state index in [4.69, 9.17) is 23.1 Å². The largest absolute Gasteiger partial charge is 0.480 e. The molecule has 0 amide bonds. The van der Waals surface area contributed by atoms with Gasteiger partial charge in [-0.15, -0.1) is 0 Å². The molecule has 0 aromatic carbocycles. The van der Waals surface area contributed by atoms with E-state index in [9.17, 15) is 4.79 Å². The van der Waals surface area contributed by atoms with Gasteiger partial charge in [-0.1, -0.05) is 18.3 Å². The minimum absolute atomic E-state index is 0.190. The molecule has 4 nitrogen and oxygen atoms in total. The lowest BCUT2D eigenvalue weighted by Gasteiger charge is -1.96. The first-order chi connectivity index (χ1) is 6.57. The number of rotatable bonds is 2. The van der Waals surface area contributed by atoms with Crippen LogP contribution in [0.2, 0.25) is 0 Å². The monoisotopic (exact) mass is 232 g/mol. The summed E-state index contributed by atoms with van der Waals surface area (Å²) in [5, 5.41) is 8.01. The van der Waals surface area contributed by atoms with Crippen molar-refractivity contribution in [1.82, 2.24) is 4.98 Å². The van der Waals surface area contributed by atoms with E-state index in [1.54, 1.807) is 0 Å². The standard InChI is InChI=1S/C5H5NS.C3H7NO2S/c7-5-3-1-2-4-6-5;4-2(1-7)3(5)6/h1-4H,(H,6,7);2,7H,1,4H2,(H,5,6). The summed E-state index contributed by atoms with van der Waals surface area (Å²) in [5.74, 6) is -0.815. The first kappa shape index (κ1) is 13.2. The molecular weight excluding hydrogens is 220 g/mol. The van der Waals surface area contributed by atoms with E-state index < -0.39 is 12.0 Å². The van der Waals surface area contributed by atoms with Crippen LogP contribution in [0.15, 0.2) is 24.4 Å². The Morgan fingerprint density at radius 2 is 2.36 bits per heavy atom. The summed E-state index contributed by atoms with van der Waals surface area (Å²) in [7, 11) is 0. The van der Waals surface area contributed by atoms with Crippen molar-refractivity contribution in [2.24, 2.45) is 5.73 Å². The second kappa shape index (κ2) is 7.54. The molecule has 6 heteroatoms. The minimum Gasteiger partial charge on any atom is -0.480 e. The van der Waals surface area contributed by atoms with Crippen LogP contribution < -0.4 is 5.73 Å². The Morgan fingerprint density at radius 1 is 1.71 bits per heavy atom. The van der Waals surface area contributed by atoms with Crippen LogP contribution in [0.5, 0.6) is 0 Å². The van der Waals surface area contributed by atoms with Gasteiger partial charge in [-0.05, 0) is 12.1 Å². The number of nitrogens with two attached hydrogens (primary N) is 1. The van der Waals surface area contributed by atoms with Crippen molar-refractivity contribution in [3.05, 3.63) is 29.0 Å². The molecule has 0 aliphatic carbocycles. The Kier molecular flexibility index (Phi) is 7.09. The van der Waals surface area contributed by atoms with Crippen LogP contribution in [0.4, 0.5) is 0 Å². The summed E-state index contributed by atoms with van der Waals surface area (Å²) in [6, 6.07) is 4.83. The van der Waals surface area contributed by atoms with Crippen molar-refractivity contribution in [3.8, 4) is 0 Å². The van der Waals surface area contributed by atoms with Gasteiger partial charge in [-0.3, -0.25) is 4.79 Å². The van der Waals surface area contributed by atoms with E-state index in [1.165, 1.54) is 0 Å². The number of carbonyl (C=O) groups is 1. The van der Waals surface area contributed by atoms with Gasteiger partial charge in [0.1, 0.15) is 10.7 Å². The summed E-state index contributed by atoms with van der Waals surface area (Å²) in [6.07, 6.45) is 1.81. The second-order valence-electron chi connectivity index (χ2n) is 2.35. The topological polar surface area (TPSA) is 79.1 Å². The third-order valence-electron chi connectivity index (χ3n) is 1.19. The number of nitrogens with one attached hydrogen (secondary N) is 1. The lowest BCUT2D eigenvalue weighted by Crippen LogP contribution is -2.31. The predicted molar refractivity (Wildman–Crippen MR) is 61.1 cm³/mol. The quantitative estimate of drug-likeness (QED) is 0.454. The molecule has 1 aromatic rings. The summed E-state index contributed by atoms with van der Waals surface area (Å²) >= 11 is 8.41. The lowest BCUT2D eigenvalue weighted by atomic mass is 10.4. The maximum absolute atomic E-state index is 9.76. The highest BCUT2D eigenvalue weighted by Gasteiger charge is 2.06. The normalized spacial score (nSPS) is 11.0. The van der Waals surface area contributed by atoms with Crippen LogP contribution in [0.25, 0.3) is 0 Å². The maximum atomic E-state index is 9.76. The van der Waals surface area contributed by atoms with E-state index >= 15 is 0 Å². The SMILES string of the molecule is NC(CS)C(=O)O.S=c1cccc[nH]1. The fourth-order valence-corrected chi connectivity index (χ4v) is 0.758. The molecule has 0 bridgehead atoms. The van der Waals surface area contributed by atoms with Gasteiger partial charge >= 0.3 is 5.97 Å². The van der Waals surface area contributed by atoms with Gasteiger partial charge in [-0.2, -0.15) is 12.6 Å². The molecule has 78 valence electrons. The van der Waals surface area contributed by atoms with E-state index in [1.807, 2.05) is 24.4 Å². The Labute approximate surface area is 92.6 Å². The minimum atomic E-state index is -1.00. The number of pyridine rings is 1. The smallest absolute Gasteiger partial charge is 0.321 e. The molecule has 1 rings (SSSR count). The number of H-pyrrole nitrogens is 1. The second-order valence-corrected chi connectivity index (χ2v) is 3.16. The van der Waals surface area contributed by atoms with E-state index in [0.717, 1.165) is 4.64 Å². The molecular formula is C8H12N2O2S2. The van der Waals surface area contributed by atoms with Crippen molar-refractivity contribution in [3.63, 3.8) is 0 Å². The number of hydrogen-bond acceptors (Lipinski definition) is 4. The summed E-state index contributed by atoms with van der Waals surface area (Å²) in [5.41, 5.74) is 4.94. The van der Waals surface area contributed by atoms with Crippen LogP contribution >= 0.6 is 24.8 Å². The van der Waals surface area contributed by atoms with Crippen molar-refractivity contribution < 1.29 is 9.90 Å². The Hall–Kier alpha value is -0.850. The van der Waals surface area contributed by atoms with Gasteiger partial charge in [-0.25, -0.2) is 0 Å². The molecule has 0 radical (unpaired) electrons. The zero-order valence-electron chi connectivity index (χ0n) is 7.38. The molecule has 0 aliphatic rings. The van der Waals surface area contributed by atoms with Crippen LogP contribution in [-0.4, -0.2) is 27.9 Å². The van der Waals surface area contributed by atoms with Gasteiger partial charge in [0.15, 0.2) is 0 Å². The van der Waals surface area contributed by atoms with Gasteiger partial charge < -0.3 is 15.8 Å². The third kappa shape index (κ3) is 6.64. The Balaban J connectivity index is 0.000000241. The number of aromatic nitrogens is 1. The number of carboxylic acids is 1. The molecule has 4 N–H and O–H groups in total. The average Bonchev–Trinajstić information content (AvgIpc) is 2.18. The van der Waals surface area contributed by atoms with Gasteiger partial charge in [0.2, 0.25) is 0 Å². The van der Waals surface area contributed by atoms with Crippen LogP contribution in [0.1, 0.15) is 0 Å². The number of aliphatic carboxylic acids is 1. The lowest BCUT2D eigenvalue weighted by molar-refractivity contribution is -0.137. The molecule has 1 heterocycles. The van der Waals surface area contributed by atoms with Crippen molar-refractivity contribution in [1.29, 1.82) is 0 Å². The van der Waals surface area contributed by atoms with Crippen LogP contribution in [-0.2, 0) is 4.79 Å². The molecule has 0 saturated heterocycles. The highest BCUT2D eigenvalue weighted by molar-refractivity contribution is 7.80. The van der Waals surface area contributed by atoms with Crippen LogP contribution in [0.3, 0.4) is 0 Å².